The normalized spacial score (nSPS) is 38.3. The first-order valence-corrected chi connectivity index (χ1v) is 6.03. The maximum Gasteiger partial charge on any atom is 0.00980 e. The van der Waals surface area contributed by atoms with E-state index in [0.29, 0.717) is 0 Å². The molecule has 1 saturated carbocycles. The molecule has 2 fully saturated rings. The van der Waals surface area contributed by atoms with E-state index >= 15 is 0 Å². The molecule has 1 aliphatic carbocycles. The third kappa shape index (κ3) is 2.07. The molecule has 1 heteroatoms. The molecule has 0 aromatic carbocycles. The first-order valence-electron chi connectivity index (χ1n) is 6.03. The highest BCUT2D eigenvalue weighted by molar-refractivity contribution is 4.85. The Morgan fingerprint density at radius 1 is 1.00 bits per heavy atom. The van der Waals surface area contributed by atoms with Gasteiger partial charge in [-0.2, -0.15) is 0 Å². The summed E-state index contributed by atoms with van der Waals surface area (Å²) in [5.74, 6) is 0.965. The van der Waals surface area contributed by atoms with E-state index in [2.05, 4.69) is 18.7 Å². The molecule has 0 amide bonds. The van der Waals surface area contributed by atoms with Gasteiger partial charge < -0.3 is 0 Å². The average Bonchev–Trinajstić information content (AvgIpc) is 2.56. The molecular formula is C12H23N. The summed E-state index contributed by atoms with van der Waals surface area (Å²) in [5, 5.41) is 0. The van der Waals surface area contributed by atoms with Crippen LogP contribution in [0.15, 0.2) is 0 Å². The predicted molar refractivity (Wildman–Crippen MR) is 56.8 cm³/mol. The van der Waals surface area contributed by atoms with Crippen LogP contribution in [0.25, 0.3) is 0 Å². The molecule has 0 N–H and O–H groups in total. The summed E-state index contributed by atoms with van der Waals surface area (Å²) < 4.78 is 0. The second kappa shape index (κ2) is 4.00. The zero-order chi connectivity index (χ0) is 9.26. The standard InChI is InChI=1S/C12H23N/c1-10-7-8-13(11(2)9-10)12-5-3-4-6-12/h10-12H,3-9H2,1-2H3/t10-,11-/m0/s1. The van der Waals surface area contributed by atoms with Crippen LogP contribution in [-0.2, 0) is 0 Å². The molecule has 0 aromatic heterocycles. The number of hydrogen-bond acceptors (Lipinski definition) is 1. The van der Waals surface area contributed by atoms with Gasteiger partial charge in [-0.15, -0.1) is 0 Å². The van der Waals surface area contributed by atoms with Crippen LogP contribution in [0.5, 0.6) is 0 Å². The van der Waals surface area contributed by atoms with Gasteiger partial charge >= 0.3 is 0 Å². The number of hydrogen-bond donors (Lipinski definition) is 0. The first-order chi connectivity index (χ1) is 6.27. The lowest BCUT2D eigenvalue weighted by Crippen LogP contribution is -2.45. The van der Waals surface area contributed by atoms with Crippen molar-refractivity contribution >= 4 is 0 Å². The lowest BCUT2D eigenvalue weighted by molar-refractivity contribution is 0.0843. The van der Waals surface area contributed by atoms with Crippen molar-refractivity contribution in [2.24, 2.45) is 5.92 Å². The molecule has 2 atom stereocenters. The molecule has 76 valence electrons. The van der Waals surface area contributed by atoms with Gasteiger partial charge in [-0.05, 0) is 45.1 Å². The fraction of sp³-hybridized carbons (Fsp3) is 1.00. The van der Waals surface area contributed by atoms with E-state index in [-0.39, 0.29) is 0 Å². The number of rotatable bonds is 1. The Morgan fingerprint density at radius 2 is 1.69 bits per heavy atom. The zero-order valence-electron chi connectivity index (χ0n) is 9.13. The Morgan fingerprint density at radius 3 is 2.31 bits per heavy atom. The Labute approximate surface area is 82.5 Å². The lowest BCUT2D eigenvalue weighted by atomic mass is 9.92. The third-order valence-electron chi connectivity index (χ3n) is 3.98. The van der Waals surface area contributed by atoms with E-state index in [9.17, 15) is 0 Å². The van der Waals surface area contributed by atoms with Crippen molar-refractivity contribution < 1.29 is 0 Å². The number of likely N-dealkylation sites (tertiary alicyclic amines) is 1. The van der Waals surface area contributed by atoms with Crippen LogP contribution < -0.4 is 0 Å². The quantitative estimate of drug-likeness (QED) is 0.601. The van der Waals surface area contributed by atoms with E-state index < -0.39 is 0 Å². The highest BCUT2D eigenvalue weighted by Crippen LogP contribution is 2.30. The minimum atomic E-state index is 0.854. The van der Waals surface area contributed by atoms with Crippen LogP contribution in [0.2, 0.25) is 0 Å². The molecule has 0 bridgehead atoms. The molecule has 13 heavy (non-hydrogen) atoms. The largest absolute Gasteiger partial charge is 0.298 e. The summed E-state index contributed by atoms with van der Waals surface area (Å²) in [6, 6.07) is 1.80. The van der Waals surface area contributed by atoms with Crippen molar-refractivity contribution in [2.75, 3.05) is 6.54 Å². The second-order valence-corrected chi connectivity index (χ2v) is 5.15. The third-order valence-corrected chi connectivity index (χ3v) is 3.98. The van der Waals surface area contributed by atoms with Gasteiger partial charge in [0.1, 0.15) is 0 Å². The van der Waals surface area contributed by atoms with Crippen molar-refractivity contribution in [2.45, 2.75) is 64.5 Å². The van der Waals surface area contributed by atoms with E-state index in [0.717, 1.165) is 18.0 Å². The van der Waals surface area contributed by atoms with Crippen LogP contribution >= 0.6 is 0 Å². The predicted octanol–water partition coefficient (Wildman–Crippen LogP) is 3.05. The van der Waals surface area contributed by atoms with Gasteiger partial charge in [0.15, 0.2) is 0 Å². The fourth-order valence-electron chi connectivity index (χ4n) is 3.20. The molecule has 0 spiro atoms. The summed E-state index contributed by atoms with van der Waals surface area (Å²) >= 11 is 0. The molecule has 0 radical (unpaired) electrons. The minimum absolute atomic E-state index is 0.854. The van der Waals surface area contributed by atoms with E-state index in [1.165, 1.54) is 45.1 Å². The van der Waals surface area contributed by atoms with Crippen LogP contribution in [0, 0.1) is 5.92 Å². The van der Waals surface area contributed by atoms with Crippen LogP contribution in [0.3, 0.4) is 0 Å². The molecule has 1 saturated heterocycles. The summed E-state index contributed by atoms with van der Waals surface area (Å²) in [7, 11) is 0. The Balaban J connectivity index is 1.91. The van der Waals surface area contributed by atoms with Crippen LogP contribution in [0.1, 0.15) is 52.4 Å². The van der Waals surface area contributed by atoms with E-state index in [1.54, 1.807) is 0 Å². The molecule has 1 nitrogen and oxygen atoms in total. The zero-order valence-corrected chi connectivity index (χ0v) is 9.13. The molecule has 1 heterocycles. The van der Waals surface area contributed by atoms with Crippen molar-refractivity contribution in [1.29, 1.82) is 0 Å². The second-order valence-electron chi connectivity index (χ2n) is 5.15. The fourth-order valence-corrected chi connectivity index (χ4v) is 3.20. The molecular weight excluding hydrogens is 158 g/mol. The van der Waals surface area contributed by atoms with Crippen molar-refractivity contribution in [3.63, 3.8) is 0 Å². The van der Waals surface area contributed by atoms with Gasteiger partial charge in [0.2, 0.25) is 0 Å². The maximum atomic E-state index is 2.78. The SMILES string of the molecule is C[C@H]1CCN(C2CCCC2)[C@@H](C)C1. The van der Waals surface area contributed by atoms with Gasteiger partial charge in [0.25, 0.3) is 0 Å². The Hall–Kier alpha value is -0.0400. The molecule has 1 aliphatic heterocycles. The van der Waals surface area contributed by atoms with Gasteiger partial charge in [0.05, 0.1) is 0 Å². The summed E-state index contributed by atoms with van der Waals surface area (Å²) in [4.78, 5) is 2.78. The van der Waals surface area contributed by atoms with Gasteiger partial charge in [0, 0.05) is 12.1 Å². The van der Waals surface area contributed by atoms with Gasteiger partial charge in [-0.25, -0.2) is 0 Å². The molecule has 2 aliphatic rings. The molecule has 0 aromatic rings. The molecule has 2 rings (SSSR count). The topological polar surface area (TPSA) is 3.24 Å². The van der Waals surface area contributed by atoms with Crippen molar-refractivity contribution in [1.82, 2.24) is 4.90 Å². The minimum Gasteiger partial charge on any atom is -0.298 e. The number of piperidine rings is 1. The summed E-state index contributed by atoms with van der Waals surface area (Å²) in [6.07, 6.45) is 8.75. The lowest BCUT2D eigenvalue weighted by Gasteiger charge is -2.40. The highest BCUT2D eigenvalue weighted by Gasteiger charge is 2.30. The van der Waals surface area contributed by atoms with E-state index in [4.69, 9.17) is 0 Å². The molecule has 0 unspecified atom stereocenters. The van der Waals surface area contributed by atoms with Gasteiger partial charge in [-0.1, -0.05) is 19.8 Å². The first kappa shape index (κ1) is 9.51. The van der Waals surface area contributed by atoms with Crippen molar-refractivity contribution in [3.05, 3.63) is 0 Å². The average molecular weight is 181 g/mol. The smallest absolute Gasteiger partial charge is 0.00980 e. The monoisotopic (exact) mass is 181 g/mol. The van der Waals surface area contributed by atoms with Crippen molar-refractivity contribution in [3.8, 4) is 0 Å². The Bertz CT molecular complexity index is 161. The van der Waals surface area contributed by atoms with Gasteiger partial charge in [-0.3, -0.25) is 4.90 Å². The summed E-state index contributed by atoms with van der Waals surface area (Å²) in [5.41, 5.74) is 0. The van der Waals surface area contributed by atoms with Crippen LogP contribution in [0.4, 0.5) is 0 Å². The summed E-state index contributed by atoms with van der Waals surface area (Å²) in [6.45, 7) is 6.20. The highest BCUT2D eigenvalue weighted by atomic mass is 15.2. The Kier molecular flexibility index (Phi) is 2.92. The van der Waals surface area contributed by atoms with Crippen LogP contribution in [-0.4, -0.2) is 23.5 Å². The maximum absolute atomic E-state index is 2.78. The van der Waals surface area contributed by atoms with E-state index in [1.807, 2.05) is 0 Å². The number of nitrogens with zero attached hydrogens (tertiary/aromatic N) is 1.